The molecule has 0 atom stereocenters. The highest BCUT2D eigenvalue weighted by molar-refractivity contribution is 5.84. The Kier molecular flexibility index (Phi) is 1.63. The molecule has 0 saturated heterocycles. The van der Waals surface area contributed by atoms with Crippen LogP contribution in [0.3, 0.4) is 0 Å². The summed E-state index contributed by atoms with van der Waals surface area (Å²) in [7, 11) is 0. The van der Waals surface area contributed by atoms with Gasteiger partial charge in [0.25, 0.3) is 6.01 Å². The first kappa shape index (κ1) is 8.49. The molecular formula is C8H7N3O3. The van der Waals surface area contributed by atoms with Crippen molar-refractivity contribution < 1.29 is 9.34 Å². The number of benzene rings is 1. The molecule has 0 radical (unpaired) electrons. The number of nitrogens with zero attached hydrogens (tertiary/aromatic N) is 2. The summed E-state index contributed by atoms with van der Waals surface area (Å²) in [6.07, 6.45) is 0. The third-order valence-electron chi connectivity index (χ3n) is 1.83. The van der Waals surface area contributed by atoms with Crippen LogP contribution in [0.25, 0.3) is 11.1 Å². The lowest BCUT2D eigenvalue weighted by Crippen LogP contribution is -1.89. The first-order valence-corrected chi connectivity index (χ1v) is 3.89. The van der Waals surface area contributed by atoms with E-state index < -0.39 is 4.92 Å². The summed E-state index contributed by atoms with van der Waals surface area (Å²) >= 11 is 0. The number of nitro benzene ring substituents is 1. The van der Waals surface area contributed by atoms with Crippen LogP contribution in [0.15, 0.2) is 16.5 Å². The van der Waals surface area contributed by atoms with Gasteiger partial charge in [-0.15, -0.1) is 0 Å². The average molecular weight is 193 g/mol. The summed E-state index contributed by atoms with van der Waals surface area (Å²) in [6.45, 7) is 1.75. The van der Waals surface area contributed by atoms with Crippen molar-refractivity contribution in [1.29, 1.82) is 0 Å². The highest BCUT2D eigenvalue weighted by Crippen LogP contribution is 2.28. The molecule has 0 spiro atoms. The molecule has 1 heterocycles. The Bertz CT molecular complexity index is 518. The third kappa shape index (κ3) is 1.17. The zero-order valence-electron chi connectivity index (χ0n) is 7.35. The van der Waals surface area contributed by atoms with E-state index in [-0.39, 0.29) is 17.3 Å². The number of oxazole rings is 1. The summed E-state index contributed by atoms with van der Waals surface area (Å²) in [4.78, 5) is 14.0. The van der Waals surface area contributed by atoms with Gasteiger partial charge in [-0.3, -0.25) is 10.1 Å². The number of hydrogen-bond acceptors (Lipinski definition) is 5. The SMILES string of the molecule is Cc1cc([N+](=O)[O-])c2oc(N)nc2c1. The van der Waals surface area contributed by atoms with Crippen molar-refractivity contribution in [2.24, 2.45) is 0 Å². The lowest BCUT2D eigenvalue weighted by Gasteiger charge is -1.93. The van der Waals surface area contributed by atoms with Crippen LogP contribution in [0.1, 0.15) is 5.56 Å². The summed E-state index contributed by atoms with van der Waals surface area (Å²) in [6, 6.07) is 3.04. The van der Waals surface area contributed by atoms with Crippen molar-refractivity contribution in [3.63, 3.8) is 0 Å². The second-order valence-electron chi connectivity index (χ2n) is 2.94. The van der Waals surface area contributed by atoms with Crippen LogP contribution in [-0.2, 0) is 0 Å². The Morgan fingerprint density at radius 1 is 1.57 bits per heavy atom. The normalized spacial score (nSPS) is 10.6. The molecule has 0 aliphatic rings. The van der Waals surface area contributed by atoms with Gasteiger partial charge >= 0.3 is 5.69 Å². The van der Waals surface area contributed by atoms with Crippen molar-refractivity contribution in [3.8, 4) is 0 Å². The number of aromatic nitrogens is 1. The predicted octanol–water partition coefficient (Wildman–Crippen LogP) is 1.63. The predicted molar refractivity (Wildman–Crippen MR) is 49.8 cm³/mol. The van der Waals surface area contributed by atoms with Gasteiger partial charge in [0.15, 0.2) is 0 Å². The number of nitrogen functional groups attached to an aromatic ring is 1. The van der Waals surface area contributed by atoms with Crippen LogP contribution in [-0.4, -0.2) is 9.91 Å². The van der Waals surface area contributed by atoms with E-state index in [0.29, 0.717) is 5.52 Å². The van der Waals surface area contributed by atoms with E-state index in [1.54, 1.807) is 13.0 Å². The van der Waals surface area contributed by atoms with Crippen molar-refractivity contribution in [3.05, 3.63) is 27.8 Å². The highest BCUT2D eigenvalue weighted by atomic mass is 16.6. The standard InChI is InChI=1S/C8H7N3O3/c1-4-2-5-7(14-8(9)10-5)6(3-4)11(12)13/h2-3H,1H3,(H2,9,10). The molecule has 2 N–H and O–H groups in total. The Morgan fingerprint density at radius 2 is 2.29 bits per heavy atom. The van der Waals surface area contributed by atoms with Crippen LogP contribution >= 0.6 is 0 Å². The Balaban J connectivity index is 2.85. The van der Waals surface area contributed by atoms with Crippen molar-refractivity contribution >= 4 is 22.8 Å². The first-order valence-electron chi connectivity index (χ1n) is 3.89. The van der Waals surface area contributed by atoms with E-state index in [4.69, 9.17) is 10.2 Å². The van der Waals surface area contributed by atoms with Gasteiger partial charge in [-0.2, -0.15) is 4.98 Å². The van der Waals surface area contributed by atoms with Gasteiger partial charge in [0.2, 0.25) is 5.58 Å². The number of fused-ring (bicyclic) bond motifs is 1. The second kappa shape index (κ2) is 2.69. The molecule has 72 valence electrons. The molecule has 0 unspecified atom stereocenters. The number of nitrogens with two attached hydrogens (primary N) is 1. The van der Waals surface area contributed by atoms with Crippen molar-refractivity contribution in [2.75, 3.05) is 5.73 Å². The number of hydrogen-bond donors (Lipinski definition) is 1. The maximum Gasteiger partial charge on any atom is 0.314 e. The lowest BCUT2D eigenvalue weighted by atomic mass is 10.2. The zero-order valence-corrected chi connectivity index (χ0v) is 7.35. The van der Waals surface area contributed by atoms with Crippen LogP contribution in [0.4, 0.5) is 11.7 Å². The van der Waals surface area contributed by atoms with Crippen molar-refractivity contribution in [2.45, 2.75) is 6.92 Å². The van der Waals surface area contributed by atoms with Crippen molar-refractivity contribution in [1.82, 2.24) is 4.98 Å². The molecule has 2 rings (SSSR count). The minimum atomic E-state index is -0.514. The van der Waals surface area contributed by atoms with Crippen LogP contribution in [0.2, 0.25) is 0 Å². The van der Waals surface area contributed by atoms with Crippen LogP contribution < -0.4 is 5.73 Å². The van der Waals surface area contributed by atoms with Gasteiger partial charge in [0, 0.05) is 6.07 Å². The summed E-state index contributed by atoms with van der Waals surface area (Å²) in [5.74, 6) is 0. The molecule has 1 aromatic heterocycles. The quantitative estimate of drug-likeness (QED) is 0.548. The van der Waals surface area contributed by atoms with E-state index >= 15 is 0 Å². The third-order valence-corrected chi connectivity index (χ3v) is 1.83. The maximum atomic E-state index is 10.7. The molecule has 6 heteroatoms. The zero-order chi connectivity index (χ0) is 10.3. The van der Waals surface area contributed by atoms with E-state index in [1.807, 2.05) is 0 Å². The van der Waals surface area contributed by atoms with E-state index in [1.165, 1.54) is 6.07 Å². The fourth-order valence-corrected chi connectivity index (χ4v) is 1.30. The van der Waals surface area contributed by atoms with Gasteiger partial charge < -0.3 is 10.2 Å². The minimum Gasteiger partial charge on any atom is -0.416 e. The highest BCUT2D eigenvalue weighted by Gasteiger charge is 2.17. The van der Waals surface area contributed by atoms with Gasteiger partial charge in [-0.05, 0) is 18.6 Å². The van der Waals surface area contributed by atoms with Gasteiger partial charge in [-0.25, -0.2) is 0 Å². The summed E-state index contributed by atoms with van der Waals surface area (Å²) in [5.41, 5.74) is 6.48. The average Bonchev–Trinajstić information content (AvgIpc) is 2.42. The minimum absolute atomic E-state index is 0.0614. The smallest absolute Gasteiger partial charge is 0.314 e. The Labute approximate surface area is 78.5 Å². The molecule has 6 nitrogen and oxygen atoms in total. The number of rotatable bonds is 1. The number of nitro groups is 1. The van der Waals surface area contributed by atoms with Crippen LogP contribution in [0.5, 0.6) is 0 Å². The second-order valence-corrected chi connectivity index (χ2v) is 2.94. The number of non-ortho nitro benzene ring substituents is 1. The Hall–Kier alpha value is -2.11. The molecule has 0 fully saturated rings. The fourth-order valence-electron chi connectivity index (χ4n) is 1.30. The summed E-state index contributed by atoms with van der Waals surface area (Å²) < 4.78 is 4.94. The summed E-state index contributed by atoms with van der Waals surface area (Å²) in [5, 5.41) is 10.7. The topological polar surface area (TPSA) is 95.2 Å². The molecule has 14 heavy (non-hydrogen) atoms. The fraction of sp³-hybridized carbons (Fsp3) is 0.125. The molecule has 0 aliphatic heterocycles. The molecule has 0 bridgehead atoms. The van der Waals surface area contributed by atoms with E-state index in [0.717, 1.165) is 5.56 Å². The van der Waals surface area contributed by atoms with Gasteiger partial charge in [0.05, 0.1) is 4.92 Å². The van der Waals surface area contributed by atoms with E-state index in [2.05, 4.69) is 4.98 Å². The molecule has 2 aromatic rings. The van der Waals surface area contributed by atoms with Gasteiger partial charge in [-0.1, -0.05) is 0 Å². The Morgan fingerprint density at radius 3 is 2.93 bits per heavy atom. The number of aryl methyl sites for hydroxylation is 1. The lowest BCUT2D eigenvalue weighted by molar-refractivity contribution is -0.383. The monoisotopic (exact) mass is 193 g/mol. The van der Waals surface area contributed by atoms with Crippen LogP contribution in [0, 0.1) is 17.0 Å². The molecule has 1 aromatic carbocycles. The molecular weight excluding hydrogens is 186 g/mol. The largest absolute Gasteiger partial charge is 0.416 e. The van der Waals surface area contributed by atoms with E-state index in [9.17, 15) is 10.1 Å². The first-order chi connectivity index (χ1) is 6.58. The maximum absolute atomic E-state index is 10.7. The van der Waals surface area contributed by atoms with Gasteiger partial charge in [0.1, 0.15) is 5.52 Å². The molecule has 0 aliphatic carbocycles. The molecule has 0 amide bonds. The number of anilines is 1. The molecule has 0 saturated carbocycles.